The van der Waals surface area contributed by atoms with E-state index in [0.29, 0.717) is 17.0 Å². The van der Waals surface area contributed by atoms with Crippen molar-refractivity contribution in [2.45, 2.75) is 18.9 Å². The maximum atomic E-state index is 12.8. The molecule has 1 heterocycles. The van der Waals surface area contributed by atoms with E-state index in [1.165, 1.54) is 0 Å². The van der Waals surface area contributed by atoms with Crippen LogP contribution in [0, 0.1) is 23.7 Å². The largest absolute Gasteiger partial charge is 0.485 e. The van der Waals surface area contributed by atoms with Gasteiger partial charge >= 0.3 is 5.97 Å². The molecule has 1 N–H and O–H groups in total. The topological polar surface area (TPSA) is 81.7 Å². The van der Waals surface area contributed by atoms with Crippen LogP contribution in [0.15, 0.2) is 54.6 Å². The van der Waals surface area contributed by atoms with Crippen LogP contribution in [0.4, 0.5) is 5.69 Å². The minimum Gasteiger partial charge on any atom is -0.485 e. The lowest BCUT2D eigenvalue weighted by molar-refractivity contribution is -0.145. The Morgan fingerprint density at radius 3 is 2.55 bits per heavy atom. The zero-order valence-corrected chi connectivity index (χ0v) is 15.7. The van der Waals surface area contributed by atoms with Crippen molar-refractivity contribution in [2.24, 2.45) is 23.7 Å². The van der Waals surface area contributed by atoms with E-state index < -0.39 is 0 Å². The Morgan fingerprint density at radius 1 is 1.03 bits per heavy atom. The maximum Gasteiger partial charge on any atom is 0.310 e. The molecule has 0 aromatic heterocycles. The summed E-state index contributed by atoms with van der Waals surface area (Å²) in [6.07, 6.45) is 1.73. The average Bonchev–Trinajstić information content (AvgIpc) is 3.36. The van der Waals surface area contributed by atoms with Crippen molar-refractivity contribution in [3.63, 3.8) is 0 Å². The lowest BCUT2D eigenvalue weighted by Gasteiger charge is -2.23. The second-order valence-corrected chi connectivity index (χ2v) is 8.01. The number of carbonyl (C=O) groups is 3. The number of Topliss-reactive ketones (excluding diaryl/α,β-unsaturated/α-hetero) is 1. The predicted octanol–water partition coefficient (Wildman–Crippen LogP) is 3.08. The number of nitrogens with one attached hydrogen (secondary N) is 1. The van der Waals surface area contributed by atoms with Crippen molar-refractivity contribution in [3.05, 3.63) is 60.2 Å². The number of carbonyl (C=O) groups excluding carboxylic acids is 3. The molecule has 1 amide bonds. The molecule has 2 bridgehead atoms. The molecule has 0 unspecified atom stereocenters. The Kier molecular flexibility index (Phi) is 4.34. The fourth-order valence-electron chi connectivity index (χ4n) is 5.08. The molecule has 148 valence electrons. The Labute approximate surface area is 168 Å². The van der Waals surface area contributed by atoms with E-state index in [0.717, 1.165) is 12.8 Å². The zero-order chi connectivity index (χ0) is 20.0. The summed E-state index contributed by atoms with van der Waals surface area (Å²) in [5.74, 6) is -0.0274. The first-order valence-corrected chi connectivity index (χ1v) is 9.92. The summed E-state index contributed by atoms with van der Waals surface area (Å²) in [6, 6.07) is 15.9. The molecule has 1 saturated heterocycles. The maximum absolute atomic E-state index is 12.8. The minimum absolute atomic E-state index is 0.0246. The van der Waals surface area contributed by atoms with Crippen molar-refractivity contribution < 1.29 is 23.9 Å². The van der Waals surface area contributed by atoms with Crippen LogP contribution in [0.1, 0.15) is 23.2 Å². The molecular weight excluding hydrogens is 370 g/mol. The molecule has 0 spiro atoms. The van der Waals surface area contributed by atoms with Crippen LogP contribution in [-0.2, 0) is 14.3 Å². The highest BCUT2D eigenvalue weighted by Gasteiger charge is 2.63. The van der Waals surface area contributed by atoms with Gasteiger partial charge in [-0.1, -0.05) is 30.3 Å². The summed E-state index contributed by atoms with van der Waals surface area (Å²) in [5.41, 5.74) is 1.25. The molecule has 6 nitrogen and oxygen atoms in total. The Morgan fingerprint density at radius 2 is 1.79 bits per heavy atom. The second-order valence-electron chi connectivity index (χ2n) is 8.01. The van der Waals surface area contributed by atoms with Gasteiger partial charge in [0.25, 0.3) is 0 Å². The van der Waals surface area contributed by atoms with Gasteiger partial charge in [-0.25, -0.2) is 0 Å². The summed E-state index contributed by atoms with van der Waals surface area (Å²) in [7, 11) is 0. The number of ketones is 1. The molecule has 2 aliphatic carbocycles. The van der Waals surface area contributed by atoms with Gasteiger partial charge in [0, 0.05) is 17.2 Å². The molecule has 2 aromatic rings. The highest BCUT2D eigenvalue weighted by atomic mass is 16.6. The highest BCUT2D eigenvalue weighted by Crippen LogP contribution is 2.57. The summed E-state index contributed by atoms with van der Waals surface area (Å²) in [5, 5.41) is 2.92. The summed E-state index contributed by atoms with van der Waals surface area (Å²) in [4.78, 5) is 37.0. The molecule has 6 heteroatoms. The average molecular weight is 391 g/mol. The first-order chi connectivity index (χ1) is 14.1. The van der Waals surface area contributed by atoms with Gasteiger partial charge in [-0.2, -0.15) is 0 Å². The third-order valence-corrected chi connectivity index (χ3v) is 6.37. The number of amides is 1. The molecule has 1 aliphatic heterocycles. The van der Waals surface area contributed by atoms with E-state index in [1.54, 1.807) is 36.4 Å². The van der Waals surface area contributed by atoms with E-state index in [1.807, 2.05) is 18.2 Å². The van der Waals surface area contributed by atoms with Gasteiger partial charge in [0.2, 0.25) is 5.91 Å². The number of esters is 1. The monoisotopic (exact) mass is 391 g/mol. The molecule has 0 radical (unpaired) electrons. The van der Waals surface area contributed by atoms with Crippen LogP contribution in [0.5, 0.6) is 5.75 Å². The molecular formula is C23H21NO5. The van der Waals surface area contributed by atoms with Crippen LogP contribution in [0.25, 0.3) is 0 Å². The van der Waals surface area contributed by atoms with Gasteiger partial charge < -0.3 is 14.8 Å². The third kappa shape index (κ3) is 3.18. The number of hydrogen-bond donors (Lipinski definition) is 1. The van der Waals surface area contributed by atoms with Crippen molar-refractivity contribution in [3.8, 4) is 5.75 Å². The number of anilines is 1. The van der Waals surface area contributed by atoms with Gasteiger partial charge in [0.05, 0.1) is 11.8 Å². The number of fused-ring (bicyclic) bond motifs is 1. The minimum atomic E-state index is -0.300. The van der Waals surface area contributed by atoms with E-state index in [-0.39, 0.29) is 54.0 Å². The molecule has 5 rings (SSSR count). The smallest absolute Gasteiger partial charge is 0.310 e. The van der Waals surface area contributed by atoms with Crippen LogP contribution in [0.3, 0.4) is 0 Å². The Bertz CT molecular complexity index is 953. The number of benzene rings is 2. The SMILES string of the molecule is O=C(COc1ccc(NC(=O)[C@@H]2[C@@H]3C[C@@H]4[C@@H]2C(=O)O[C@H]4C3)cc1)c1ccccc1. The normalized spacial score (nSPS) is 28.8. The zero-order valence-electron chi connectivity index (χ0n) is 15.7. The van der Waals surface area contributed by atoms with Crippen LogP contribution in [0.2, 0.25) is 0 Å². The van der Waals surface area contributed by atoms with E-state index in [9.17, 15) is 14.4 Å². The van der Waals surface area contributed by atoms with Gasteiger partial charge in [-0.3, -0.25) is 14.4 Å². The van der Waals surface area contributed by atoms with Crippen molar-refractivity contribution >= 4 is 23.3 Å². The van der Waals surface area contributed by atoms with Crippen LogP contribution < -0.4 is 10.1 Å². The first kappa shape index (κ1) is 17.9. The third-order valence-electron chi connectivity index (χ3n) is 6.37. The molecule has 3 aliphatic rings. The van der Waals surface area contributed by atoms with Crippen LogP contribution >= 0.6 is 0 Å². The summed E-state index contributed by atoms with van der Waals surface area (Å²) in [6.45, 7) is -0.0498. The molecule has 29 heavy (non-hydrogen) atoms. The second kappa shape index (κ2) is 7.03. The van der Waals surface area contributed by atoms with Crippen molar-refractivity contribution in [1.82, 2.24) is 0 Å². The van der Waals surface area contributed by atoms with Gasteiger partial charge in [-0.05, 0) is 43.0 Å². The number of ether oxygens (including phenoxy) is 2. The van der Waals surface area contributed by atoms with E-state index in [4.69, 9.17) is 9.47 Å². The van der Waals surface area contributed by atoms with Gasteiger partial charge in [-0.15, -0.1) is 0 Å². The lowest BCUT2D eigenvalue weighted by atomic mass is 9.79. The summed E-state index contributed by atoms with van der Waals surface area (Å²) < 4.78 is 11.0. The van der Waals surface area contributed by atoms with Gasteiger partial charge in [0.1, 0.15) is 11.9 Å². The van der Waals surface area contributed by atoms with E-state index >= 15 is 0 Å². The lowest BCUT2D eigenvalue weighted by Crippen LogP contribution is -2.35. The fraction of sp³-hybridized carbons (Fsp3) is 0.348. The van der Waals surface area contributed by atoms with E-state index in [2.05, 4.69) is 5.32 Å². The molecule has 2 saturated carbocycles. The standard InChI is InChI=1S/C23H21NO5/c25-18(13-4-2-1-3-5-13)12-28-16-8-6-15(7-9-16)24-22(26)20-14-10-17-19(11-14)29-23(27)21(17)20/h1-9,14,17,19-21H,10-12H2,(H,24,26)/t14-,17+,19+,20-,21+/m1/s1. The fourth-order valence-corrected chi connectivity index (χ4v) is 5.08. The van der Waals surface area contributed by atoms with Crippen molar-refractivity contribution in [2.75, 3.05) is 11.9 Å². The van der Waals surface area contributed by atoms with Gasteiger partial charge in [0.15, 0.2) is 12.4 Å². The highest BCUT2D eigenvalue weighted by molar-refractivity contribution is 5.97. The summed E-state index contributed by atoms with van der Waals surface area (Å²) >= 11 is 0. The quantitative estimate of drug-likeness (QED) is 0.605. The Balaban J connectivity index is 1.18. The number of hydrogen-bond acceptors (Lipinski definition) is 5. The number of rotatable bonds is 6. The predicted molar refractivity (Wildman–Crippen MR) is 104 cm³/mol. The van der Waals surface area contributed by atoms with Crippen LogP contribution in [-0.4, -0.2) is 30.4 Å². The van der Waals surface area contributed by atoms with Crippen molar-refractivity contribution in [1.29, 1.82) is 0 Å². The molecule has 3 fully saturated rings. The Hall–Kier alpha value is -3.15. The molecule has 5 atom stereocenters. The first-order valence-electron chi connectivity index (χ1n) is 9.92. The molecule has 2 aromatic carbocycles.